The molecular weight excluding hydrogens is 248 g/mol. The van der Waals surface area contributed by atoms with Crippen LogP contribution in [-0.2, 0) is 4.74 Å². The van der Waals surface area contributed by atoms with Crippen LogP contribution < -0.4 is 0 Å². The number of ether oxygens (including phenoxy) is 1. The van der Waals surface area contributed by atoms with Crippen LogP contribution in [0.4, 0.5) is 10.5 Å². The third kappa shape index (κ3) is 2.57. The van der Waals surface area contributed by atoms with Crippen molar-refractivity contribution in [2.45, 2.75) is 26.4 Å². The Morgan fingerprint density at radius 3 is 2.58 bits per heavy atom. The van der Waals surface area contributed by atoms with Crippen LogP contribution in [-0.4, -0.2) is 21.2 Å². The molecule has 2 rings (SSSR count). The standard InChI is InChI=1S/C13H14N2O4/c1-13(2,3)19-12(16)14-8-7-9-5-4-6-10(11(9)14)15(17)18/h4-8H,1-3H3. The van der Waals surface area contributed by atoms with Crippen molar-refractivity contribution in [3.63, 3.8) is 0 Å². The molecule has 0 aliphatic rings. The number of rotatable bonds is 1. The Morgan fingerprint density at radius 1 is 1.32 bits per heavy atom. The summed E-state index contributed by atoms with van der Waals surface area (Å²) >= 11 is 0. The second-order valence-electron chi connectivity index (χ2n) is 5.14. The van der Waals surface area contributed by atoms with Crippen molar-refractivity contribution in [3.8, 4) is 0 Å². The highest BCUT2D eigenvalue weighted by atomic mass is 16.6. The Hall–Kier alpha value is -2.37. The van der Waals surface area contributed by atoms with Crippen molar-refractivity contribution in [2.24, 2.45) is 0 Å². The lowest BCUT2D eigenvalue weighted by Crippen LogP contribution is -2.26. The molecule has 1 aromatic heterocycles. The van der Waals surface area contributed by atoms with Crippen molar-refractivity contribution in [1.82, 2.24) is 4.57 Å². The third-order valence-corrected chi connectivity index (χ3v) is 2.48. The second kappa shape index (κ2) is 4.38. The van der Waals surface area contributed by atoms with Crippen LogP contribution in [0.3, 0.4) is 0 Å². The van der Waals surface area contributed by atoms with Gasteiger partial charge in [0.05, 0.1) is 4.92 Å². The number of nitro groups is 1. The normalized spacial score (nSPS) is 11.5. The van der Waals surface area contributed by atoms with Crippen LogP contribution in [0.25, 0.3) is 10.9 Å². The lowest BCUT2D eigenvalue weighted by atomic mass is 10.2. The van der Waals surface area contributed by atoms with Gasteiger partial charge in [-0.25, -0.2) is 9.36 Å². The summed E-state index contributed by atoms with van der Waals surface area (Å²) in [7, 11) is 0. The van der Waals surface area contributed by atoms with E-state index in [0.717, 1.165) is 0 Å². The Balaban J connectivity index is 2.56. The van der Waals surface area contributed by atoms with Crippen molar-refractivity contribution in [1.29, 1.82) is 0 Å². The molecule has 0 aliphatic heterocycles. The lowest BCUT2D eigenvalue weighted by molar-refractivity contribution is -0.383. The maximum atomic E-state index is 12.0. The van der Waals surface area contributed by atoms with Gasteiger partial charge in [-0.2, -0.15) is 0 Å². The van der Waals surface area contributed by atoms with E-state index in [1.807, 2.05) is 0 Å². The quantitative estimate of drug-likeness (QED) is 0.583. The van der Waals surface area contributed by atoms with Crippen LogP contribution in [0.1, 0.15) is 20.8 Å². The van der Waals surface area contributed by atoms with Crippen LogP contribution >= 0.6 is 0 Å². The van der Waals surface area contributed by atoms with Gasteiger partial charge in [0.1, 0.15) is 11.1 Å². The van der Waals surface area contributed by atoms with Crippen molar-refractivity contribution in [3.05, 3.63) is 40.6 Å². The van der Waals surface area contributed by atoms with Gasteiger partial charge < -0.3 is 4.74 Å². The number of non-ortho nitro benzene ring substituents is 1. The first-order valence-electron chi connectivity index (χ1n) is 5.77. The van der Waals surface area contributed by atoms with Crippen molar-refractivity contribution < 1.29 is 14.5 Å². The number of nitrogens with zero attached hydrogens (tertiary/aromatic N) is 2. The molecule has 0 unspecified atom stereocenters. The van der Waals surface area contributed by atoms with Crippen LogP contribution in [0.2, 0.25) is 0 Å². The molecule has 2 aromatic rings. The molecule has 0 bridgehead atoms. The SMILES string of the molecule is CC(C)(C)OC(=O)n1ccc2cccc([N+](=O)[O-])c21. The van der Waals surface area contributed by atoms with E-state index in [1.165, 1.54) is 16.8 Å². The number of aromatic nitrogens is 1. The zero-order valence-corrected chi connectivity index (χ0v) is 10.9. The van der Waals surface area contributed by atoms with Crippen LogP contribution in [0, 0.1) is 10.1 Å². The molecule has 1 heterocycles. The van der Waals surface area contributed by atoms with E-state index in [2.05, 4.69) is 0 Å². The highest BCUT2D eigenvalue weighted by Crippen LogP contribution is 2.27. The summed E-state index contributed by atoms with van der Waals surface area (Å²) in [5, 5.41) is 11.6. The zero-order chi connectivity index (χ0) is 14.2. The van der Waals surface area contributed by atoms with Crippen LogP contribution in [0.5, 0.6) is 0 Å². The van der Waals surface area contributed by atoms with Gasteiger partial charge in [-0.1, -0.05) is 12.1 Å². The molecular formula is C13H14N2O4. The van der Waals surface area contributed by atoms with Gasteiger partial charge >= 0.3 is 6.09 Å². The maximum absolute atomic E-state index is 12.0. The third-order valence-electron chi connectivity index (χ3n) is 2.48. The molecule has 0 N–H and O–H groups in total. The van der Waals surface area contributed by atoms with Crippen LogP contribution in [0.15, 0.2) is 30.5 Å². The minimum atomic E-state index is -0.656. The Kier molecular flexibility index (Phi) is 3.01. The fraction of sp³-hybridized carbons (Fsp3) is 0.308. The first kappa shape index (κ1) is 13.1. The fourth-order valence-electron chi connectivity index (χ4n) is 1.79. The summed E-state index contributed by atoms with van der Waals surface area (Å²) in [6, 6.07) is 6.30. The van der Waals surface area contributed by atoms with Gasteiger partial charge in [0.15, 0.2) is 0 Å². The molecule has 0 radical (unpaired) electrons. The van der Waals surface area contributed by atoms with E-state index >= 15 is 0 Å². The summed E-state index contributed by atoms with van der Waals surface area (Å²) < 4.78 is 6.39. The molecule has 0 saturated heterocycles. The average Bonchev–Trinajstić information content (AvgIpc) is 2.69. The minimum Gasteiger partial charge on any atom is -0.443 e. The predicted molar refractivity (Wildman–Crippen MR) is 70.2 cm³/mol. The highest BCUT2D eigenvalue weighted by molar-refractivity contribution is 5.95. The van der Waals surface area contributed by atoms with E-state index in [-0.39, 0.29) is 11.2 Å². The summed E-state index contributed by atoms with van der Waals surface area (Å²) in [4.78, 5) is 22.5. The van der Waals surface area contributed by atoms with Gasteiger partial charge in [-0.15, -0.1) is 0 Å². The first-order chi connectivity index (χ1) is 8.79. The average molecular weight is 262 g/mol. The molecule has 6 nitrogen and oxygen atoms in total. The molecule has 0 fully saturated rings. The summed E-state index contributed by atoms with van der Waals surface area (Å²) in [6.07, 6.45) is 0.850. The largest absolute Gasteiger partial charge is 0.443 e. The molecule has 0 amide bonds. The monoisotopic (exact) mass is 262 g/mol. The van der Waals surface area contributed by atoms with E-state index in [4.69, 9.17) is 4.74 Å². The molecule has 1 aromatic carbocycles. The Labute approximate surface area is 109 Å². The molecule has 0 aliphatic carbocycles. The van der Waals surface area contributed by atoms with Crippen molar-refractivity contribution in [2.75, 3.05) is 0 Å². The highest BCUT2D eigenvalue weighted by Gasteiger charge is 2.23. The summed E-state index contributed by atoms with van der Waals surface area (Å²) in [6.45, 7) is 5.22. The van der Waals surface area contributed by atoms with E-state index in [9.17, 15) is 14.9 Å². The van der Waals surface area contributed by atoms with Gasteiger partial charge in [0, 0.05) is 17.6 Å². The number of hydrogen-bond donors (Lipinski definition) is 0. The van der Waals surface area contributed by atoms with E-state index < -0.39 is 16.6 Å². The topological polar surface area (TPSA) is 74.4 Å². The number of carbonyl (C=O) groups is 1. The number of benzene rings is 1. The Bertz CT molecular complexity index is 652. The fourth-order valence-corrected chi connectivity index (χ4v) is 1.79. The number of para-hydroxylation sites is 1. The summed E-state index contributed by atoms with van der Waals surface area (Å²) in [5.41, 5.74) is -0.521. The minimum absolute atomic E-state index is 0.117. The number of carbonyl (C=O) groups excluding carboxylic acids is 1. The molecule has 19 heavy (non-hydrogen) atoms. The number of hydrogen-bond acceptors (Lipinski definition) is 4. The number of fused-ring (bicyclic) bond motifs is 1. The van der Waals surface area contributed by atoms with E-state index in [1.54, 1.807) is 39.0 Å². The molecule has 0 spiro atoms. The summed E-state index contributed by atoms with van der Waals surface area (Å²) in [5.74, 6) is 0. The van der Waals surface area contributed by atoms with Gasteiger partial charge in [-0.05, 0) is 26.8 Å². The zero-order valence-electron chi connectivity index (χ0n) is 10.9. The smallest absolute Gasteiger partial charge is 0.419 e. The van der Waals surface area contributed by atoms with Crippen molar-refractivity contribution >= 4 is 22.7 Å². The van der Waals surface area contributed by atoms with Gasteiger partial charge in [-0.3, -0.25) is 10.1 Å². The Morgan fingerprint density at radius 2 is 2.00 bits per heavy atom. The van der Waals surface area contributed by atoms with Gasteiger partial charge in [0.25, 0.3) is 5.69 Å². The first-order valence-corrected chi connectivity index (χ1v) is 5.77. The molecule has 0 atom stereocenters. The van der Waals surface area contributed by atoms with E-state index in [0.29, 0.717) is 5.39 Å². The van der Waals surface area contributed by atoms with Gasteiger partial charge in [0.2, 0.25) is 0 Å². The molecule has 100 valence electrons. The molecule has 6 heteroatoms. The predicted octanol–water partition coefficient (Wildman–Crippen LogP) is 3.33. The maximum Gasteiger partial charge on any atom is 0.419 e. The molecule has 0 saturated carbocycles. The lowest BCUT2D eigenvalue weighted by Gasteiger charge is -2.19. The second-order valence-corrected chi connectivity index (χ2v) is 5.14. The number of nitro benzene ring substituents is 1.